The Morgan fingerprint density at radius 3 is 2.13 bits per heavy atom. The Morgan fingerprint density at radius 2 is 1.70 bits per heavy atom. The number of nitrogens with one attached hydrogen (secondary N) is 1. The molecule has 0 unspecified atom stereocenters. The van der Waals surface area contributed by atoms with Gasteiger partial charge in [0.2, 0.25) is 0 Å². The molecule has 2 aromatic rings. The zero-order valence-corrected chi connectivity index (χ0v) is 15.5. The summed E-state index contributed by atoms with van der Waals surface area (Å²) < 4.78 is 0.492. The first-order chi connectivity index (χ1) is 9.82. The number of carboxylic acids is 2. The van der Waals surface area contributed by atoms with Gasteiger partial charge in [-0.05, 0) is 24.3 Å². The average molecular weight is 367 g/mol. The van der Waals surface area contributed by atoms with Crippen LogP contribution in [0.15, 0.2) is 33.9 Å². The first kappa shape index (κ1) is 21.7. The molecule has 0 saturated heterocycles. The Bertz CT molecular complexity index is 857. The van der Waals surface area contributed by atoms with Gasteiger partial charge in [-0.3, -0.25) is 4.79 Å². The Labute approximate surface area is 175 Å². The number of halogens is 1. The fourth-order valence-corrected chi connectivity index (χ4v) is 1.84. The second-order valence-electron chi connectivity index (χ2n) is 3.89. The van der Waals surface area contributed by atoms with E-state index in [-0.39, 0.29) is 62.5 Å². The molecule has 116 valence electrons. The van der Waals surface area contributed by atoms with Gasteiger partial charge < -0.3 is 25.5 Å². The van der Waals surface area contributed by atoms with Crippen LogP contribution in [0.5, 0.6) is 0 Å². The number of aromatic amines is 1. The van der Waals surface area contributed by atoms with Crippen molar-refractivity contribution in [2.75, 3.05) is 0 Å². The van der Waals surface area contributed by atoms with E-state index >= 15 is 0 Å². The largest absolute Gasteiger partial charge is 1.00 e. The van der Waals surface area contributed by atoms with Crippen LogP contribution in [0.1, 0.15) is 20.8 Å². The summed E-state index contributed by atoms with van der Waals surface area (Å²) in [5, 5.41) is 20.1. The molecule has 0 atom stereocenters. The number of rotatable bonds is 3. The van der Waals surface area contributed by atoms with Crippen LogP contribution in [0, 0.1) is 0 Å². The van der Waals surface area contributed by atoms with Gasteiger partial charge in [0.25, 0.3) is 5.56 Å². The summed E-state index contributed by atoms with van der Waals surface area (Å²) in [5.41, 5.74) is -4.52. The van der Waals surface area contributed by atoms with E-state index in [0.29, 0.717) is 9.59 Å². The second kappa shape index (κ2) is 8.54. The molecule has 2 rings (SSSR count). The zero-order valence-electron chi connectivity index (χ0n) is 11.6. The number of carbonyl (C=O) groups excluding carboxylic acids is 1. The summed E-state index contributed by atoms with van der Waals surface area (Å²) in [6, 6.07) is 5.39. The summed E-state index contributed by atoms with van der Waals surface area (Å²) in [4.78, 5) is 47.6. The van der Waals surface area contributed by atoms with E-state index in [1.807, 2.05) is 4.98 Å². The Hall–Kier alpha value is -1.27. The van der Waals surface area contributed by atoms with Gasteiger partial charge in [0.05, 0.1) is 17.4 Å². The van der Waals surface area contributed by atoms with Gasteiger partial charge in [-0.1, -0.05) is 11.6 Å². The van der Waals surface area contributed by atoms with E-state index in [1.165, 1.54) is 24.3 Å². The fraction of sp³-hybridized carbons (Fsp3) is 0. The zero-order chi connectivity index (χ0) is 15.7. The van der Waals surface area contributed by atoms with Crippen molar-refractivity contribution in [1.29, 1.82) is 0 Å². The van der Waals surface area contributed by atoms with E-state index in [4.69, 9.17) is 16.7 Å². The van der Waals surface area contributed by atoms with Crippen molar-refractivity contribution in [3.05, 3.63) is 61.4 Å². The first-order valence-corrected chi connectivity index (χ1v) is 5.80. The predicted molar refractivity (Wildman–Crippen MR) is 72.6 cm³/mol. The minimum atomic E-state index is -1.97. The molecule has 0 spiro atoms. The van der Waals surface area contributed by atoms with Crippen LogP contribution in [0.3, 0.4) is 0 Å². The van der Waals surface area contributed by atoms with Crippen LogP contribution in [0.25, 0.3) is 5.69 Å². The van der Waals surface area contributed by atoms with Gasteiger partial charge in [-0.15, -0.1) is 0 Å². The summed E-state index contributed by atoms with van der Waals surface area (Å²) in [7, 11) is 0. The third-order valence-electron chi connectivity index (χ3n) is 2.60. The summed E-state index contributed by atoms with van der Waals surface area (Å²) in [5.74, 6) is -3.76. The third kappa shape index (κ3) is 4.38. The number of hydrogen-bond acceptors (Lipinski definition) is 5. The number of benzene rings is 1. The molecule has 0 radical (unpaired) electrons. The SMILES string of the molecule is O.O=C([O-])c1[nH]c(=O)n(-c2ccc(Cl)cc2)c(=O)c1C(=O)O.[K+]. The number of carbonyl (C=O) groups is 2. The topological polar surface area (TPSA) is 164 Å². The molecule has 23 heavy (non-hydrogen) atoms. The minimum absolute atomic E-state index is 0. The third-order valence-corrected chi connectivity index (χ3v) is 2.86. The van der Waals surface area contributed by atoms with E-state index in [1.54, 1.807) is 0 Å². The molecule has 1 aromatic heterocycles. The van der Waals surface area contributed by atoms with Gasteiger partial charge in [-0.25, -0.2) is 14.2 Å². The van der Waals surface area contributed by atoms with Crippen molar-refractivity contribution < 1.29 is 76.7 Å². The Balaban J connectivity index is 0.00000242. The maximum absolute atomic E-state index is 12.1. The molecule has 9 nitrogen and oxygen atoms in total. The molecule has 1 heterocycles. The molecule has 0 fully saturated rings. The predicted octanol–water partition coefficient (Wildman–Crippen LogP) is -4.58. The molecule has 0 bridgehead atoms. The molecule has 0 amide bonds. The average Bonchev–Trinajstić information content (AvgIpc) is 2.39. The summed E-state index contributed by atoms with van der Waals surface area (Å²) in [6.45, 7) is 0. The first-order valence-electron chi connectivity index (χ1n) is 5.43. The molecule has 1 aromatic carbocycles. The van der Waals surface area contributed by atoms with Crippen LogP contribution in [-0.4, -0.2) is 32.1 Å². The number of aromatic nitrogens is 2. The molecule has 0 aliphatic heterocycles. The van der Waals surface area contributed by atoms with Crippen LogP contribution in [-0.2, 0) is 0 Å². The van der Waals surface area contributed by atoms with Crippen molar-refractivity contribution >= 4 is 23.5 Å². The van der Waals surface area contributed by atoms with Gasteiger partial charge in [0.1, 0.15) is 0 Å². The van der Waals surface area contributed by atoms with Crippen molar-refractivity contribution in [3.8, 4) is 5.69 Å². The summed E-state index contributed by atoms with van der Waals surface area (Å²) >= 11 is 5.67. The standard InChI is InChI=1S/C12H7ClN2O6.K.H2O/c13-5-1-3-6(4-2-5)15-9(16)7(10(17)18)8(11(19)20)14-12(15)21;;/h1-4H,(H,14,21)(H,17,18)(H,19,20);;1H2/q;+1;/p-1. The monoisotopic (exact) mass is 366 g/mol. The van der Waals surface area contributed by atoms with E-state index in [2.05, 4.69) is 0 Å². The Morgan fingerprint density at radius 1 is 1.17 bits per heavy atom. The molecule has 0 aliphatic carbocycles. The van der Waals surface area contributed by atoms with Crippen molar-refractivity contribution in [3.63, 3.8) is 0 Å². The van der Waals surface area contributed by atoms with Crippen LogP contribution in [0.4, 0.5) is 0 Å². The van der Waals surface area contributed by atoms with Crippen LogP contribution in [0.2, 0.25) is 5.02 Å². The molecule has 4 N–H and O–H groups in total. The van der Waals surface area contributed by atoms with Gasteiger partial charge in [0.15, 0.2) is 5.56 Å². The number of nitrogens with zero attached hydrogens (tertiary/aromatic N) is 1. The summed E-state index contributed by atoms with van der Waals surface area (Å²) in [6.07, 6.45) is 0. The molecular formula is C12H8ClKN2O7. The van der Waals surface area contributed by atoms with E-state index in [0.717, 1.165) is 0 Å². The van der Waals surface area contributed by atoms with Crippen LogP contribution >= 0.6 is 11.6 Å². The van der Waals surface area contributed by atoms with Crippen LogP contribution < -0.4 is 67.7 Å². The maximum Gasteiger partial charge on any atom is 1.00 e. The maximum atomic E-state index is 12.1. The number of carboxylic acid groups (broad SMARTS) is 2. The fourth-order valence-electron chi connectivity index (χ4n) is 1.71. The van der Waals surface area contributed by atoms with E-state index < -0.39 is 34.4 Å². The van der Waals surface area contributed by atoms with Gasteiger partial charge in [0, 0.05) is 5.02 Å². The van der Waals surface area contributed by atoms with Gasteiger partial charge >= 0.3 is 63.0 Å². The van der Waals surface area contributed by atoms with Crippen molar-refractivity contribution in [2.45, 2.75) is 0 Å². The smallest absolute Gasteiger partial charge is 0.543 e. The quantitative estimate of drug-likeness (QED) is 0.519. The normalized spacial score (nSPS) is 9.43. The number of aromatic carboxylic acids is 2. The van der Waals surface area contributed by atoms with E-state index in [9.17, 15) is 24.3 Å². The molecule has 0 aliphatic rings. The number of hydrogen-bond donors (Lipinski definition) is 2. The molecular weight excluding hydrogens is 359 g/mol. The van der Waals surface area contributed by atoms with Crippen molar-refractivity contribution in [2.24, 2.45) is 0 Å². The minimum Gasteiger partial charge on any atom is -0.543 e. The second-order valence-corrected chi connectivity index (χ2v) is 4.33. The van der Waals surface area contributed by atoms with Crippen molar-refractivity contribution in [1.82, 2.24) is 9.55 Å². The molecule has 0 saturated carbocycles. The molecule has 11 heteroatoms. The van der Waals surface area contributed by atoms with Gasteiger partial charge in [-0.2, -0.15) is 0 Å². The Kier molecular flexibility index (Phi) is 8.07. The number of H-pyrrole nitrogens is 1.